The van der Waals surface area contributed by atoms with Crippen LogP contribution in [0.25, 0.3) is 0 Å². The number of pyridine rings is 1. The molecule has 3 N–H and O–H groups in total. The molecule has 20 heavy (non-hydrogen) atoms. The highest BCUT2D eigenvalue weighted by Gasteiger charge is 1.99. The van der Waals surface area contributed by atoms with Gasteiger partial charge in [0.2, 0.25) is 0 Å². The largest absolute Gasteiger partial charge is 0.379 e. The van der Waals surface area contributed by atoms with Crippen molar-refractivity contribution >= 4 is 17.4 Å². The molecule has 104 valence electrons. The first-order chi connectivity index (χ1) is 9.67. The Hall–Kier alpha value is -2.56. The van der Waals surface area contributed by atoms with E-state index in [-0.39, 0.29) is 6.03 Å². The van der Waals surface area contributed by atoms with Gasteiger partial charge in [0.1, 0.15) is 0 Å². The molecule has 2 amide bonds. The van der Waals surface area contributed by atoms with Crippen molar-refractivity contribution in [3.8, 4) is 0 Å². The second kappa shape index (κ2) is 6.56. The number of aromatic nitrogens is 1. The van der Waals surface area contributed by atoms with E-state index in [4.69, 9.17) is 0 Å². The third-order valence-electron chi connectivity index (χ3n) is 2.82. The van der Waals surface area contributed by atoms with Gasteiger partial charge in [0.25, 0.3) is 0 Å². The average Bonchev–Trinajstić information content (AvgIpc) is 2.48. The van der Waals surface area contributed by atoms with Gasteiger partial charge >= 0.3 is 6.03 Å². The number of nitrogens with zero attached hydrogens (tertiary/aromatic N) is 1. The molecule has 0 unspecified atom stereocenters. The lowest BCUT2D eigenvalue weighted by molar-refractivity contribution is 0.254. The Morgan fingerprint density at radius 1 is 1.10 bits per heavy atom. The van der Waals surface area contributed by atoms with Crippen LogP contribution < -0.4 is 16.0 Å². The van der Waals surface area contributed by atoms with Crippen LogP contribution in [0, 0.1) is 6.92 Å². The van der Waals surface area contributed by atoms with Crippen LogP contribution in [-0.4, -0.2) is 18.1 Å². The zero-order valence-electron chi connectivity index (χ0n) is 11.6. The van der Waals surface area contributed by atoms with Crippen LogP contribution in [0.2, 0.25) is 0 Å². The molecule has 1 heterocycles. The van der Waals surface area contributed by atoms with E-state index in [1.807, 2.05) is 49.5 Å². The van der Waals surface area contributed by atoms with Crippen molar-refractivity contribution in [1.82, 2.24) is 10.3 Å². The van der Waals surface area contributed by atoms with Crippen molar-refractivity contribution in [3.05, 3.63) is 53.9 Å². The summed E-state index contributed by atoms with van der Waals surface area (Å²) >= 11 is 0. The van der Waals surface area contributed by atoms with Gasteiger partial charge < -0.3 is 16.0 Å². The van der Waals surface area contributed by atoms with Crippen LogP contribution in [0.15, 0.2) is 42.6 Å². The van der Waals surface area contributed by atoms with Gasteiger partial charge in [-0.25, -0.2) is 4.79 Å². The van der Waals surface area contributed by atoms with Crippen LogP contribution in [0.4, 0.5) is 16.2 Å². The van der Waals surface area contributed by atoms with Crippen molar-refractivity contribution in [2.45, 2.75) is 13.5 Å². The third kappa shape index (κ3) is 3.98. The molecular formula is C15H18N4O. The van der Waals surface area contributed by atoms with Crippen molar-refractivity contribution in [3.63, 3.8) is 0 Å². The van der Waals surface area contributed by atoms with Crippen LogP contribution in [0.3, 0.4) is 0 Å². The number of anilines is 2. The molecule has 0 aliphatic carbocycles. The van der Waals surface area contributed by atoms with E-state index in [9.17, 15) is 4.79 Å². The lowest BCUT2D eigenvalue weighted by Gasteiger charge is -2.08. The first-order valence-electron chi connectivity index (χ1n) is 6.41. The minimum Gasteiger partial charge on any atom is -0.379 e. The van der Waals surface area contributed by atoms with E-state index in [1.165, 1.54) is 0 Å². The summed E-state index contributed by atoms with van der Waals surface area (Å²) in [6.07, 6.45) is 1.85. The van der Waals surface area contributed by atoms with Gasteiger partial charge in [-0.2, -0.15) is 0 Å². The molecular weight excluding hydrogens is 252 g/mol. The number of hydrogen-bond donors (Lipinski definition) is 3. The lowest BCUT2D eigenvalue weighted by atomic mass is 10.2. The molecule has 0 saturated carbocycles. The van der Waals surface area contributed by atoms with Gasteiger partial charge in [0, 0.05) is 24.6 Å². The minimum atomic E-state index is -0.227. The molecule has 0 spiro atoms. The van der Waals surface area contributed by atoms with Gasteiger partial charge in [-0.3, -0.25) is 4.98 Å². The van der Waals surface area contributed by atoms with Crippen LogP contribution in [0.5, 0.6) is 0 Å². The Labute approximate surface area is 118 Å². The van der Waals surface area contributed by atoms with Gasteiger partial charge in [0.15, 0.2) is 0 Å². The van der Waals surface area contributed by atoms with Gasteiger partial charge in [-0.1, -0.05) is 6.07 Å². The van der Waals surface area contributed by atoms with Crippen molar-refractivity contribution < 1.29 is 4.79 Å². The van der Waals surface area contributed by atoms with Gasteiger partial charge in [-0.15, -0.1) is 0 Å². The smallest absolute Gasteiger partial charge is 0.318 e. The molecule has 0 fully saturated rings. The predicted octanol–water partition coefficient (Wildman–Crippen LogP) is 2.75. The maximum absolute atomic E-state index is 11.2. The zero-order chi connectivity index (χ0) is 14.4. The fourth-order valence-corrected chi connectivity index (χ4v) is 1.66. The molecule has 0 radical (unpaired) electrons. The van der Waals surface area contributed by atoms with Crippen molar-refractivity contribution in [1.29, 1.82) is 0 Å². The van der Waals surface area contributed by atoms with E-state index in [2.05, 4.69) is 20.9 Å². The van der Waals surface area contributed by atoms with Crippen LogP contribution in [-0.2, 0) is 6.54 Å². The summed E-state index contributed by atoms with van der Waals surface area (Å²) in [5.41, 5.74) is 3.87. The Bertz CT molecular complexity index is 563. The molecule has 0 aliphatic rings. The summed E-state index contributed by atoms with van der Waals surface area (Å²) in [5, 5.41) is 8.50. The maximum atomic E-state index is 11.2. The topological polar surface area (TPSA) is 66.1 Å². The zero-order valence-corrected chi connectivity index (χ0v) is 11.6. The molecule has 2 aromatic rings. The Morgan fingerprint density at radius 3 is 2.40 bits per heavy atom. The molecule has 0 bridgehead atoms. The Kier molecular flexibility index (Phi) is 4.55. The monoisotopic (exact) mass is 270 g/mol. The second-order valence-electron chi connectivity index (χ2n) is 4.46. The fourth-order valence-electron chi connectivity index (χ4n) is 1.66. The van der Waals surface area contributed by atoms with E-state index < -0.39 is 0 Å². The van der Waals surface area contributed by atoms with Gasteiger partial charge in [-0.05, 0) is 42.8 Å². The molecule has 2 rings (SSSR count). The number of benzene rings is 1. The van der Waals surface area contributed by atoms with E-state index in [0.717, 1.165) is 22.6 Å². The second-order valence-corrected chi connectivity index (χ2v) is 4.46. The third-order valence-corrected chi connectivity index (χ3v) is 2.82. The van der Waals surface area contributed by atoms with E-state index >= 15 is 0 Å². The summed E-state index contributed by atoms with van der Waals surface area (Å²) in [5.74, 6) is 0. The highest BCUT2D eigenvalue weighted by atomic mass is 16.2. The molecule has 1 aromatic carbocycles. The molecule has 1 aromatic heterocycles. The lowest BCUT2D eigenvalue weighted by Crippen LogP contribution is -2.24. The number of hydrogen-bond acceptors (Lipinski definition) is 3. The number of rotatable bonds is 4. The average molecular weight is 270 g/mol. The fraction of sp³-hybridized carbons (Fsp3) is 0.200. The van der Waals surface area contributed by atoms with Crippen LogP contribution in [0.1, 0.15) is 11.3 Å². The van der Waals surface area contributed by atoms with E-state index in [0.29, 0.717) is 6.54 Å². The maximum Gasteiger partial charge on any atom is 0.318 e. The highest BCUT2D eigenvalue weighted by molar-refractivity contribution is 5.89. The summed E-state index contributed by atoms with van der Waals surface area (Å²) in [6.45, 7) is 2.69. The first kappa shape index (κ1) is 13.9. The van der Waals surface area contributed by atoms with Crippen molar-refractivity contribution in [2.75, 3.05) is 17.7 Å². The van der Waals surface area contributed by atoms with Crippen LogP contribution >= 0.6 is 0 Å². The Balaban J connectivity index is 1.90. The molecule has 5 nitrogen and oxygen atoms in total. The normalized spacial score (nSPS) is 9.90. The molecule has 0 atom stereocenters. The number of carbonyl (C=O) groups excluding carboxylic acids is 1. The van der Waals surface area contributed by atoms with E-state index in [1.54, 1.807) is 7.05 Å². The molecule has 0 aliphatic heterocycles. The predicted molar refractivity (Wildman–Crippen MR) is 80.8 cm³/mol. The number of carbonyl (C=O) groups is 1. The number of aryl methyl sites for hydroxylation is 1. The molecule has 5 heteroatoms. The van der Waals surface area contributed by atoms with Crippen molar-refractivity contribution in [2.24, 2.45) is 0 Å². The molecule has 0 saturated heterocycles. The summed E-state index contributed by atoms with van der Waals surface area (Å²) in [6, 6.07) is 11.3. The number of amides is 2. The summed E-state index contributed by atoms with van der Waals surface area (Å²) in [7, 11) is 1.58. The quantitative estimate of drug-likeness (QED) is 0.800. The number of nitrogens with one attached hydrogen (secondary N) is 3. The van der Waals surface area contributed by atoms with Gasteiger partial charge in [0.05, 0.1) is 12.2 Å². The number of urea groups is 1. The summed E-state index contributed by atoms with van der Waals surface area (Å²) in [4.78, 5) is 15.5. The standard InChI is InChI=1S/C15H18N4O/c1-11-3-4-14(17-9-11)10-18-12-5-7-13(8-6-12)19-15(20)16-2/h3-9,18H,10H2,1-2H3,(H2,16,19,20). The summed E-state index contributed by atoms with van der Waals surface area (Å²) < 4.78 is 0. The first-order valence-corrected chi connectivity index (χ1v) is 6.41. The Morgan fingerprint density at radius 2 is 1.80 bits per heavy atom. The highest BCUT2D eigenvalue weighted by Crippen LogP contribution is 2.14. The SMILES string of the molecule is CNC(=O)Nc1ccc(NCc2ccc(C)cn2)cc1. The minimum absolute atomic E-state index is 0.227.